The summed E-state index contributed by atoms with van der Waals surface area (Å²) in [5.74, 6) is 0.605. The average molecular weight is 516 g/mol. The van der Waals surface area contributed by atoms with Gasteiger partial charge in [-0.2, -0.15) is 13.2 Å². The van der Waals surface area contributed by atoms with Gasteiger partial charge in [0, 0.05) is 24.7 Å². The van der Waals surface area contributed by atoms with Crippen molar-refractivity contribution in [1.29, 1.82) is 0 Å². The summed E-state index contributed by atoms with van der Waals surface area (Å²) in [4.78, 5) is 26.4. The first-order valence-corrected chi connectivity index (χ1v) is 13.2. The lowest BCUT2D eigenvalue weighted by atomic mass is 9.80. The van der Waals surface area contributed by atoms with Crippen molar-refractivity contribution >= 4 is 12.3 Å². The number of likely N-dealkylation sites (tertiary alicyclic amines) is 2. The fraction of sp³-hybridized carbons (Fsp3) is 0.517. The third-order valence-electron chi connectivity index (χ3n) is 8.22. The van der Waals surface area contributed by atoms with Crippen LogP contribution in [0.3, 0.4) is 0 Å². The van der Waals surface area contributed by atoms with E-state index in [0.717, 1.165) is 37.9 Å². The van der Waals surface area contributed by atoms with E-state index >= 15 is 0 Å². The molecule has 5 rings (SSSR count). The van der Waals surface area contributed by atoms with Gasteiger partial charge >= 0.3 is 6.18 Å². The molecule has 200 valence electrons. The van der Waals surface area contributed by atoms with Crippen LogP contribution in [0.4, 0.5) is 13.2 Å². The van der Waals surface area contributed by atoms with Crippen molar-refractivity contribution in [3.8, 4) is 0 Å². The molecule has 2 atom stereocenters. The third-order valence-corrected chi connectivity index (χ3v) is 8.22. The molecule has 3 fully saturated rings. The fourth-order valence-electron chi connectivity index (χ4n) is 6.58. The minimum Gasteiger partial charge on any atom is -0.372 e. The van der Waals surface area contributed by atoms with E-state index in [1.54, 1.807) is 6.07 Å². The largest absolute Gasteiger partial charge is 0.416 e. The second-order valence-electron chi connectivity index (χ2n) is 10.3. The average Bonchev–Trinajstić information content (AvgIpc) is 3.34. The molecule has 2 aromatic rings. The summed E-state index contributed by atoms with van der Waals surface area (Å²) in [6.07, 6.45) is 3.75. The predicted molar refractivity (Wildman–Crippen MR) is 137 cm³/mol. The molecule has 2 heterocycles. The molecule has 2 unspecified atom stereocenters. The molecular formula is C29H36F3N3O2. The molecule has 0 aromatic heterocycles. The van der Waals surface area contributed by atoms with Gasteiger partial charge in [-0.25, -0.2) is 0 Å². The van der Waals surface area contributed by atoms with Crippen LogP contribution in [-0.4, -0.2) is 53.3 Å². The zero-order valence-corrected chi connectivity index (χ0v) is 21.1. The van der Waals surface area contributed by atoms with E-state index in [2.05, 4.69) is 41.0 Å². The second kappa shape index (κ2) is 12.1. The SMILES string of the molecule is NC=O.O=C(Cc1cccc(C(F)(F)F)c1)N1CCC2C1CCCN2C1CCC(c2ccccc2)CC1. The number of primary amides is 1. The van der Waals surface area contributed by atoms with Crippen molar-refractivity contribution in [1.82, 2.24) is 9.80 Å². The first-order valence-electron chi connectivity index (χ1n) is 13.2. The summed E-state index contributed by atoms with van der Waals surface area (Å²) >= 11 is 0. The highest BCUT2D eigenvalue weighted by Crippen LogP contribution is 2.39. The number of rotatable bonds is 4. The minimum absolute atomic E-state index is 0.0370. The normalized spacial score (nSPS) is 26.1. The monoisotopic (exact) mass is 515 g/mol. The van der Waals surface area contributed by atoms with E-state index in [1.165, 1.54) is 37.3 Å². The van der Waals surface area contributed by atoms with Crippen LogP contribution in [0.15, 0.2) is 54.6 Å². The van der Waals surface area contributed by atoms with Gasteiger partial charge in [0.2, 0.25) is 12.3 Å². The van der Waals surface area contributed by atoms with Crippen LogP contribution in [0.25, 0.3) is 0 Å². The second-order valence-corrected chi connectivity index (χ2v) is 10.3. The molecule has 8 heteroatoms. The highest BCUT2D eigenvalue weighted by molar-refractivity contribution is 5.79. The number of hydrogen-bond acceptors (Lipinski definition) is 3. The van der Waals surface area contributed by atoms with Crippen LogP contribution >= 0.6 is 0 Å². The van der Waals surface area contributed by atoms with Crippen molar-refractivity contribution < 1.29 is 22.8 Å². The molecule has 0 spiro atoms. The van der Waals surface area contributed by atoms with Gasteiger partial charge in [-0.3, -0.25) is 14.5 Å². The highest BCUT2D eigenvalue weighted by atomic mass is 19.4. The van der Waals surface area contributed by atoms with Gasteiger partial charge in [0.05, 0.1) is 12.0 Å². The lowest BCUT2D eigenvalue weighted by Crippen LogP contribution is -2.55. The molecule has 37 heavy (non-hydrogen) atoms. The molecule has 0 radical (unpaired) electrons. The summed E-state index contributed by atoms with van der Waals surface area (Å²) in [6, 6.07) is 17.2. The van der Waals surface area contributed by atoms with Crippen LogP contribution in [0.1, 0.15) is 67.6 Å². The number of fused-ring (bicyclic) bond motifs is 1. The van der Waals surface area contributed by atoms with Crippen LogP contribution in [0, 0.1) is 0 Å². The van der Waals surface area contributed by atoms with Gasteiger partial charge in [-0.15, -0.1) is 0 Å². The first kappa shape index (κ1) is 27.2. The Labute approximate surface area is 216 Å². The number of halogens is 3. The lowest BCUT2D eigenvalue weighted by Gasteiger charge is -2.46. The van der Waals surface area contributed by atoms with E-state index in [0.29, 0.717) is 30.1 Å². The number of benzene rings is 2. The quantitative estimate of drug-likeness (QED) is 0.574. The molecule has 2 aromatic carbocycles. The number of nitrogens with zero attached hydrogens (tertiary/aromatic N) is 2. The Bertz CT molecular complexity index is 1040. The van der Waals surface area contributed by atoms with Crippen LogP contribution in [0.2, 0.25) is 0 Å². The predicted octanol–water partition coefficient (Wildman–Crippen LogP) is 5.14. The third kappa shape index (κ3) is 6.53. The maximum atomic E-state index is 13.1. The molecule has 1 aliphatic carbocycles. The number of hydrogen-bond donors (Lipinski definition) is 1. The Morgan fingerprint density at radius 1 is 0.919 bits per heavy atom. The molecular weight excluding hydrogens is 479 g/mol. The van der Waals surface area contributed by atoms with Gasteiger partial charge in [0.15, 0.2) is 0 Å². The van der Waals surface area contributed by atoms with Crippen LogP contribution in [0.5, 0.6) is 0 Å². The summed E-state index contributed by atoms with van der Waals surface area (Å²) in [5, 5.41) is 0. The fourth-order valence-corrected chi connectivity index (χ4v) is 6.58. The molecule has 3 aliphatic rings. The summed E-state index contributed by atoms with van der Waals surface area (Å²) in [6.45, 7) is 1.81. The van der Waals surface area contributed by atoms with Gasteiger partial charge in [-0.1, -0.05) is 48.5 Å². The van der Waals surface area contributed by atoms with Gasteiger partial charge < -0.3 is 10.6 Å². The molecule has 2 N–H and O–H groups in total. The van der Waals surface area contributed by atoms with Gasteiger partial charge in [-0.05, 0) is 74.6 Å². The van der Waals surface area contributed by atoms with Gasteiger partial charge in [0.25, 0.3) is 0 Å². The number of carbonyl (C=O) groups is 2. The van der Waals surface area contributed by atoms with Crippen LogP contribution in [-0.2, 0) is 22.2 Å². The van der Waals surface area contributed by atoms with Gasteiger partial charge in [0.1, 0.15) is 0 Å². The van der Waals surface area contributed by atoms with E-state index in [-0.39, 0.29) is 24.8 Å². The summed E-state index contributed by atoms with van der Waals surface area (Å²) < 4.78 is 39.2. The van der Waals surface area contributed by atoms with E-state index in [4.69, 9.17) is 4.79 Å². The molecule has 2 amide bonds. The lowest BCUT2D eigenvalue weighted by molar-refractivity contribution is -0.138. The molecule has 0 bridgehead atoms. The first-order chi connectivity index (χ1) is 17.8. The smallest absolute Gasteiger partial charge is 0.372 e. The van der Waals surface area contributed by atoms with Crippen molar-refractivity contribution in [2.75, 3.05) is 13.1 Å². The van der Waals surface area contributed by atoms with E-state index in [1.807, 2.05) is 4.90 Å². The van der Waals surface area contributed by atoms with E-state index < -0.39 is 11.7 Å². The van der Waals surface area contributed by atoms with Crippen molar-refractivity contribution in [3.63, 3.8) is 0 Å². The van der Waals surface area contributed by atoms with Crippen molar-refractivity contribution in [2.45, 2.75) is 81.6 Å². The highest BCUT2D eigenvalue weighted by Gasteiger charge is 2.44. The number of alkyl halides is 3. The molecule has 2 aliphatic heterocycles. The Balaban J connectivity index is 0.00000102. The van der Waals surface area contributed by atoms with Crippen molar-refractivity contribution in [2.24, 2.45) is 5.73 Å². The standard InChI is InChI=1S/C28H33F3N2O.CH3NO/c29-28(30,31)23-9-4-6-20(18-23)19-27(34)33-17-15-26-25(33)10-5-16-32(26)24-13-11-22(12-14-24)21-7-2-1-3-8-21;2-1-3/h1-4,6-9,18,22,24-26H,5,10-17,19H2;1H,(H2,2,3). The Morgan fingerprint density at radius 2 is 1.62 bits per heavy atom. The Kier molecular flexibility index (Phi) is 8.90. The number of nitrogens with two attached hydrogens (primary N) is 1. The number of carbonyl (C=O) groups excluding carboxylic acids is 2. The topological polar surface area (TPSA) is 66.6 Å². The maximum absolute atomic E-state index is 13.1. The molecule has 5 nitrogen and oxygen atoms in total. The Morgan fingerprint density at radius 3 is 2.30 bits per heavy atom. The Hall–Kier alpha value is -2.87. The summed E-state index contributed by atoms with van der Waals surface area (Å²) in [5.41, 5.74) is 5.37. The number of amides is 2. The van der Waals surface area contributed by atoms with Crippen LogP contribution < -0.4 is 5.73 Å². The maximum Gasteiger partial charge on any atom is 0.416 e. The van der Waals surface area contributed by atoms with Crippen molar-refractivity contribution in [3.05, 3.63) is 71.3 Å². The minimum atomic E-state index is -4.39. The molecule has 1 saturated carbocycles. The zero-order chi connectivity index (χ0) is 26.4. The molecule has 2 saturated heterocycles. The number of piperidine rings is 1. The van der Waals surface area contributed by atoms with E-state index in [9.17, 15) is 18.0 Å². The zero-order valence-electron chi connectivity index (χ0n) is 21.1. The summed E-state index contributed by atoms with van der Waals surface area (Å²) in [7, 11) is 0.